The molecule has 2 aromatic carbocycles. The number of halogens is 1. The number of rotatable bonds is 6. The number of hydrogen-bond acceptors (Lipinski definition) is 3. The Bertz CT molecular complexity index is 692. The molecule has 0 radical (unpaired) electrons. The minimum atomic E-state index is -0.825. The van der Waals surface area contributed by atoms with Gasteiger partial charge >= 0.3 is 5.97 Å². The van der Waals surface area contributed by atoms with Gasteiger partial charge in [-0.2, -0.15) is 5.10 Å². The summed E-state index contributed by atoms with van der Waals surface area (Å²) in [5.74, 6) is -0.825. The molecular formula is C18H19ClN2O2. The fraction of sp³-hybridized carbons (Fsp3) is 0.222. The van der Waals surface area contributed by atoms with Gasteiger partial charge in [0.15, 0.2) is 0 Å². The topological polar surface area (TPSA) is 52.9 Å². The highest BCUT2D eigenvalue weighted by Crippen LogP contribution is 2.22. The molecule has 0 aromatic heterocycles. The summed E-state index contributed by atoms with van der Waals surface area (Å²) in [7, 11) is 3.64. The molecule has 0 atom stereocenters. The molecule has 1 N–H and O–H groups in total. The summed E-state index contributed by atoms with van der Waals surface area (Å²) in [6.07, 6.45) is 0.458. The Morgan fingerprint density at radius 3 is 2.00 bits per heavy atom. The number of hydrazone groups is 1. The second-order valence-electron chi connectivity index (χ2n) is 5.37. The van der Waals surface area contributed by atoms with Crippen LogP contribution in [0, 0.1) is 0 Å². The highest BCUT2D eigenvalue weighted by atomic mass is 35.5. The lowest BCUT2D eigenvalue weighted by Gasteiger charge is -2.11. The van der Waals surface area contributed by atoms with E-state index >= 15 is 0 Å². The molecule has 0 fully saturated rings. The van der Waals surface area contributed by atoms with E-state index in [1.165, 1.54) is 0 Å². The van der Waals surface area contributed by atoms with Gasteiger partial charge in [0.1, 0.15) is 0 Å². The predicted molar refractivity (Wildman–Crippen MR) is 94.0 cm³/mol. The summed E-state index contributed by atoms with van der Waals surface area (Å²) in [5.41, 5.74) is 3.85. The molecule has 23 heavy (non-hydrogen) atoms. The number of carbonyl (C=O) groups is 1. The van der Waals surface area contributed by atoms with E-state index in [2.05, 4.69) is 5.10 Å². The number of benzene rings is 2. The van der Waals surface area contributed by atoms with Crippen molar-refractivity contribution in [2.45, 2.75) is 12.8 Å². The largest absolute Gasteiger partial charge is 0.481 e. The molecule has 0 aliphatic rings. The first-order valence-corrected chi connectivity index (χ1v) is 7.66. The van der Waals surface area contributed by atoms with Crippen LogP contribution in [-0.4, -0.2) is 35.9 Å². The van der Waals surface area contributed by atoms with Crippen LogP contribution >= 0.6 is 11.6 Å². The lowest BCUT2D eigenvalue weighted by Crippen LogP contribution is -2.12. The minimum Gasteiger partial charge on any atom is -0.481 e. The second kappa shape index (κ2) is 7.79. The van der Waals surface area contributed by atoms with Crippen molar-refractivity contribution < 1.29 is 9.90 Å². The summed E-state index contributed by atoms with van der Waals surface area (Å²) in [6, 6.07) is 15.6. The Hall–Kier alpha value is -2.33. The van der Waals surface area contributed by atoms with E-state index in [4.69, 9.17) is 16.7 Å². The van der Waals surface area contributed by atoms with Crippen LogP contribution in [0.3, 0.4) is 0 Å². The molecule has 0 unspecified atom stereocenters. The van der Waals surface area contributed by atoms with Crippen LogP contribution in [0.4, 0.5) is 0 Å². The lowest BCUT2D eigenvalue weighted by molar-refractivity contribution is -0.136. The van der Waals surface area contributed by atoms with Crippen molar-refractivity contribution in [3.63, 3.8) is 0 Å². The molecule has 0 aliphatic heterocycles. The smallest absolute Gasteiger partial charge is 0.303 e. The summed E-state index contributed by atoms with van der Waals surface area (Å²) >= 11 is 5.91. The highest BCUT2D eigenvalue weighted by molar-refractivity contribution is 6.30. The summed E-state index contributed by atoms with van der Waals surface area (Å²) in [4.78, 5) is 10.8. The van der Waals surface area contributed by atoms with Gasteiger partial charge in [0.25, 0.3) is 0 Å². The molecule has 0 saturated heterocycles. The van der Waals surface area contributed by atoms with Crippen LogP contribution in [0.5, 0.6) is 0 Å². The Morgan fingerprint density at radius 1 is 1.00 bits per heavy atom. The van der Waals surface area contributed by atoms with Crippen molar-refractivity contribution in [3.8, 4) is 11.1 Å². The molecule has 0 aliphatic carbocycles. The summed E-state index contributed by atoms with van der Waals surface area (Å²) < 4.78 is 0. The normalized spacial score (nSPS) is 11.3. The molecule has 0 spiro atoms. The minimum absolute atomic E-state index is 0.0611. The molecular weight excluding hydrogens is 312 g/mol. The maximum Gasteiger partial charge on any atom is 0.303 e. The zero-order chi connectivity index (χ0) is 16.8. The quantitative estimate of drug-likeness (QED) is 0.639. The van der Waals surface area contributed by atoms with Crippen LogP contribution in [-0.2, 0) is 4.79 Å². The highest BCUT2D eigenvalue weighted by Gasteiger charge is 2.08. The molecule has 2 aromatic rings. The first kappa shape index (κ1) is 17.0. The van der Waals surface area contributed by atoms with Crippen LogP contribution < -0.4 is 0 Å². The number of hydrogen-bond donors (Lipinski definition) is 1. The van der Waals surface area contributed by atoms with E-state index in [1.807, 2.05) is 62.6 Å². The van der Waals surface area contributed by atoms with Crippen molar-refractivity contribution >= 4 is 23.3 Å². The van der Waals surface area contributed by atoms with Crippen molar-refractivity contribution in [2.24, 2.45) is 5.10 Å². The second-order valence-corrected chi connectivity index (χ2v) is 5.81. The van der Waals surface area contributed by atoms with E-state index in [1.54, 1.807) is 5.01 Å². The van der Waals surface area contributed by atoms with E-state index in [0.29, 0.717) is 11.4 Å². The average Bonchev–Trinajstić information content (AvgIpc) is 2.52. The lowest BCUT2D eigenvalue weighted by atomic mass is 10.0. The van der Waals surface area contributed by atoms with Crippen LogP contribution in [0.1, 0.15) is 18.4 Å². The maximum atomic E-state index is 10.8. The SMILES string of the molecule is CN(C)/N=C(\CCC(=O)O)c1ccc(-c2ccc(Cl)cc2)cc1. The van der Waals surface area contributed by atoms with Gasteiger partial charge in [-0.3, -0.25) is 4.79 Å². The molecule has 0 amide bonds. The van der Waals surface area contributed by atoms with Gasteiger partial charge in [0.2, 0.25) is 0 Å². The van der Waals surface area contributed by atoms with Gasteiger partial charge in [-0.05, 0) is 28.8 Å². The average molecular weight is 331 g/mol. The van der Waals surface area contributed by atoms with Gasteiger partial charge < -0.3 is 10.1 Å². The standard InChI is InChI=1S/C18H19ClN2O2/c1-21(2)20-17(11-12-18(22)23)15-5-3-13(4-6-15)14-7-9-16(19)10-8-14/h3-10H,11-12H2,1-2H3,(H,22,23)/b20-17+. The molecule has 2 rings (SSSR count). The first-order valence-electron chi connectivity index (χ1n) is 7.28. The van der Waals surface area contributed by atoms with Crippen LogP contribution in [0.15, 0.2) is 53.6 Å². The first-order chi connectivity index (χ1) is 11.0. The van der Waals surface area contributed by atoms with E-state index in [9.17, 15) is 4.79 Å². The zero-order valence-electron chi connectivity index (χ0n) is 13.2. The Labute approximate surface area is 141 Å². The van der Waals surface area contributed by atoms with Crippen molar-refractivity contribution in [2.75, 3.05) is 14.1 Å². The van der Waals surface area contributed by atoms with E-state index < -0.39 is 5.97 Å². The van der Waals surface area contributed by atoms with Crippen LogP contribution in [0.2, 0.25) is 5.02 Å². The Morgan fingerprint density at radius 2 is 1.52 bits per heavy atom. The molecule has 0 bridgehead atoms. The summed E-state index contributed by atoms with van der Waals surface area (Å²) in [6.45, 7) is 0. The molecule has 4 nitrogen and oxygen atoms in total. The zero-order valence-corrected chi connectivity index (χ0v) is 13.9. The molecule has 120 valence electrons. The van der Waals surface area contributed by atoms with Crippen molar-refractivity contribution in [1.29, 1.82) is 0 Å². The molecule has 5 heteroatoms. The van der Waals surface area contributed by atoms with Gasteiger partial charge in [-0.25, -0.2) is 0 Å². The van der Waals surface area contributed by atoms with Gasteiger partial charge in [0, 0.05) is 25.5 Å². The number of carboxylic acid groups (broad SMARTS) is 1. The maximum absolute atomic E-state index is 10.8. The summed E-state index contributed by atoms with van der Waals surface area (Å²) in [5, 5.41) is 15.7. The van der Waals surface area contributed by atoms with Gasteiger partial charge in [-0.15, -0.1) is 0 Å². The van der Waals surface area contributed by atoms with Crippen molar-refractivity contribution in [3.05, 3.63) is 59.1 Å². The third kappa shape index (κ3) is 5.11. The predicted octanol–water partition coefficient (Wildman–Crippen LogP) is 4.14. The number of carboxylic acids is 1. The molecule has 0 saturated carbocycles. The molecule has 0 heterocycles. The fourth-order valence-electron chi connectivity index (χ4n) is 2.22. The Balaban J connectivity index is 2.24. The number of nitrogens with zero attached hydrogens (tertiary/aromatic N) is 2. The van der Waals surface area contributed by atoms with E-state index in [0.717, 1.165) is 22.4 Å². The Kier molecular flexibility index (Phi) is 5.77. The van der Waals surface area contributed by atoms with Gasteiger partial charge in [-0.1, -0.05) is 48.0 Å². The number of aliphatic carboxylic acids is 1. The third-order valence-electron chi connectivity index (χ3n) is 3.29. The monoisotopic (exact) mass is 330 g/mol. The van der Waals surface area contributed by atoms with Crippen LogP contribution in [0.25, 0.3) is 11.1 Å². The van der Waals surface area contributed by atoms with Crippen molar-refractivity contribution in [1.82, 2.24) is 5.01 Å². The van der Waals surface area contributed by atoms with E-state index in [-0.39, 0.29) is 6.42 Å². The van der Waals surface area contributed by atoms with Gasteiger partial charge in [0.05, 0.1) is 12.1 Å². The third-order valence-corrected chi connectivity index (χ3v) is 3.54. The fourth-order valence-corrected chi connectivity index (χ4v) is 2.34.